The van der Waals surface area contributed by atoms with E-state index in [9.17, 15) is 8.42 Å². The largest absolute Gasteiger partial charge is 0.378 e. The normalized spacial score (nSPS) is 39.4. The summed E-state index contributed by atoms with van der Waals surface area (Å²) in [5.41, 5.74) is 0. The summed E-state index contributed by atoms with van der Waals surface area (Å²) in [5, 5.41) is 3.48. The third-order valence-corrected chi connectivity index (χ3v) is 5.24. The minimum atomic E-state index is -2.79. The second-order valence-electron chi connectivity index (χ2n) is 5.02. The van der Waals surface area contributed by atoms with E-state index in [4.69, 9.17) is 4.74 Å². The molecule has 0 radical (unpaired) electrons. The van der Waals surface area contributed by atoms with Crippen LogP contribution in [-0.2, 0) is 14.6 Å². The van der Waals surface area contributed by atoms with E-state index in [1.165, 1.54) is 0 Å². The van der Waals surface area contributed by atoms with Crippen molar-refractivity contribution in [3.8, 4) is 0 Å². The highest BCUT2D eigenvalue weighted by atomic mass is 32.2. The van der Waals surface area contributed by atoms with Crippen LogP contribution < -0.4 is 5.32 Å². The lowest BCUT2D eigenvalue weighted by atomic mass is 10.0. The van der Waals surface area contributed by atoms with E-state index in [2.05, 4.69) is 12.2 Å². The SMILES string of the molecule is CC1CC(NC2CCCS(=O)(=O)C2)CCO1. The lowest BCUT2D eigenvalue weighted by molar-refractivity contribution is 0.0115. The summed E-state index contributed by atoms with van der Waals surface area (Å²) in [5.74, 6) is 0.689. The molecule has 0 aromatic rings. The van der Waals surface area contributed by atoms with Crippen molar-refractivity contribution in [3.63, 3.8) is 0 Å². The average molecular weight is 247 g/mol. The summed E-state index contributed by atoms with van der Waals surface area (Å²) in [6.45, 7) is 2.86. The third kappa shape index (κ3) is 3.43. The lowest BCUT2D eigenvalue weighted by Gasteiger charge is -2.33. The van der Waals surface area contributed by atoms with Gasteiger partial charge in [0.1, 0.15) is 0 Å². The maximum absolute atomic E-state index is 11.5. The Labute approximate surface area is 97.7 Å². The molecular weight excluding hydrogens is 226 g/mol. The molecule has 0 aromatic carbocycles. The molecule has 16 heavy (non-hydrogen) atoms. The average Bonchev–Trinajstić information content (AvgIpc) is 2.15. The molecule has 2 fully saturated rings. The highest BCUT2D eigenvalue weighted by Gasteiger charge is 2.28. The lowest BCUT2D eigenvalue weighted by Crippen LogP contribution is -2.48. The van der Waals surface area contributed by atoms with Gasteiger partial charge in [-0.3, -0.25) is 0 Å². The molecule has 2 heterocycles. The molecule has 0 spiro atoms. The molecule has 2 aliphatic rings. The van der Waals surface area contributed by atoms with Gasteiger partial charge in [-0.2, -0.15) is 0 Å². The van der Waals surface area contributed by atoms with Crippen LogP contribution in [0.5, 0.6) is 0 Å². The molecule has 2 saturated heterocycles. The third-order valence-electron chi connectivity index (χ3n) is 3.42. The molecule has 3 atom stereocenters. The molecule has 5 heteroatoms. The van der Waals surface area contributed by atoms with Crippen molar-refractivity contribution in [1.82, 2.24) is 5.32 Å². The van der Waals surface area contributed by atoms with E-state index >= 15 is 0 Å². The van der Waals surface area contributed by atoms with E-state index < -0.39 is 9.84 Å². The molecule has 0 bridgehead atoms. The fourth-order valence-electron chi connectivity index (χ4n) is 2.64. The molecule has 3 unspecified atom stereocenters. The van der Waals surface area contributed by atoms with Crippen LogP contribution in [0.15, 0.2) is 0 Å². The fraction of sp³-hybridized carbons (Fsp3) is 1.00. The van der Waals surface area contributed by atoms with Gasteiger partial charge >= 0.3 is 0 Å². The first-order valence-electron chi connectivity index (χ1n) is 6.13. The van der Waals surface area contributed by atoms with Gasteiger partial charge in [0.2, 0.25) is 0 Å². The standard InChI is InChI=1S/C11H21NO3S/c1-9-7-10(4-5-15-9)12-11-3-2-6-16(13,14)8-11/h9-12H,2-8H2,1H3. The molecule has 0 aliphatic carbocycles. The van der Waals surface area contributed by atoms with Crippen LogP contribution in [0.2, 0.25) is 0 Å². The van der Waals surface area contributed by atoms with Crippen LogP contribution in [0, 0.1) is 0 Å². The van der Waals surface area contributed by atoms with Gasteiger partial charge in [0.15, 0.2) is 9.84 Å². The Hall–Kier alpha value is -0.130. The summed E-state index contributed by atoms with van der Waals surface area (Å²) < 4.78 is 28.5. The van der Waals surface area contributed by atoms with Crippen LogP contribution >= 0.6 is 0 Å². The summed E-state index contributed by atoms with van der Waals surface area (Å²) in [6, 6.07) is 0.594. The van der Waals surface area contributed by atoms with Crippen LogP contribution in [0.25, 0.3) is 0 Å². The van der Waals surface area contributed by atoms with Gasteiger partial charge in [0.25, 0.3) is 0 Å². The predicted molar refractivity (Wildman–Crippen MR) is 63.2 cm³/mol. The van der Waals surface area contributed by atoms with Crippen molar-refractivity contribution in [2.45, 2.75) is 50.8 Å². The highest BCUT2D eigenvalue weighted by Crippen LogP contribution is 2.17. The smallest absolute Gasteiger partial charge is 0.151 e. The monoisotopic (exact) mass is 247 g/mol. The van der Waals surface area contributed by atoms with E-state index in [1.807, 2.05) is 0 Å². The molecule has 4 nitrogen and oxygen atoms in total. The Morgan fingerprint density at radius 3 is 2.75 bits per heavy atom. The first-order valence-corrected chi connectivity index (χ1v) is 7.95. The van der Waals surface area contributed by atoms with Crippen LogP contribution in [0.1, 0.15) is 32.6 Å². The number of hydrogen-bond acceptors (Lipinski definition) is 4. The van der Waals surface area contributed by atoms with Crippen molar-refractivity contribution in [2.75, 3.05) is 18.1 Å². The van der Waals surface area contributed by atoms with Gasteiger partial charge in [0, 0.05) is 18.7 Å². The maximum Gasteiger partial charge on any atom is 0.151 e. The number of rotatable bonds is 2. The van der Waals surface area contributed by atoms with E-state index in [0.717, 1.165) is 32.3 Å². The minimum Gasteiger partial charge on any atom is -0.378 e. The van der Waals surface area contributed by atoms with Crippen LogP contribution in [0.4, 0.5) is 0 Å². The van der Waals surface area contributed by atoms with Crippen molar-refractivity contribution in [2.24, 2.45) is 0 Å². The summed E-state index contributed by atoms with van der Waals surface area (Å²) >= 11 is 0. The molecule has 94 valence electrons. The van der Waals surface area contributed by atoms with Crippen molar-refractivity contribution >= 4 is 9.84 Å². The molecule has 0 amide bonds. The molecule has 2 rings (SSSR count). The van der Waals surface area contributed by atoms with E-state index in [1.54, 1.807) is 0 Å². The quantitative estimate of drug-likeness (QED) is 0.781. The van der Waals surface area contributed by atoms with E-state index in [0.29, 0.717) is 23.7 Å². The topological polar surface area (TPSA) is 55.4 Å². The Balaban J connectivity index is 1.84. The van der Waals surface area contributed by atoms with Crippen molar-refractivity contribution in [1.29, 1.82) is 0 Å². The zero-order chi connectivity index (χ0) is 11.6. The Morgan fingerprint density at radius 1 is 1.25 bits per heavy atom. The first-order chi connectivity index (χ1) is 7.55. The summed E-state index contributed by atoms with van der Waals surface area (Å²) in [6.07, 6.45) is 4.09. The molecular formula is C11H21NO3S. The molecule has 0 saturated carbocycles. The Bertz CT molecular complexity index is 328. The Morgan fingerprint density at radius 2 is 2.06 bits per heavy atom. The highest BCUT2D eigenvalue weighted by molar-refractivity contribution is 7.91. The van der Waals surface area contributed by atoms with Crippen LogP contribution in [-0.4, -0.2) is 44.7 Å². The molecule has 1 N–H and O–H groups in total. The van der Waals surface area contributed by atoms with Crippen molar-refractivity contribution in [3.05, 3.63) is 0 Å². The van der Waals surface area contributed by atoms with Crippen molar-refractivity contribution < 1.29 is 13.2 Å². The van der Waals surface area contributed by atoms with E-state index in [-0.39, 0.29) is 6.04 Å². The van der Waals surface area contributed by atoms with Gasteiger partial charge in [-0.25, -0.2) is 8.42 Å². The number of hydrogen-bond donors (Lipinski definition) is 1. The summed E-state index contributed by atoms with van der Waals surface area (Å²) in [7, 11) is -2.79. The zero-order valence-electron chi connectivity index (χ0n) is 9.81. The van der Waals surface area contributed by atoms with Gasteiger partial charge in [0.05, 0.1) is 17.6 Å². The summed E-state index contributed by atoms with van der Waals surface area (Å²) in [4.78, 5) is 0. The number of ether oxygens (including phenoxy) is 1. The second kappa shape index (κ2) is 5.02. The van der Waals surface area contributed by atoms with Gasteiger partial charge in [-0.05, 0) is 32.6 Å². The molecule has 2 aliphatic heterocycles. The Kier molecular flexibility index (Phi) is 3.87. The number of nitrogens with one attached hydrogen (secondary N) is 1. The maximum atomic E-state index is 11.5. The minimum absolute atomic E-state index is 0.161. The van der Waals surface area contributed by atoms with Gasteiger partial charge in [-0.1, -0.05) is 0 Å². The number of sulfone groups is 1. The van der Waals surface area contributed by atoms with Gasteiger partial charge < -0.3 is 10.1 Å². The second-order valence-corrected chi connectivity index (χ2v) is 7.25. The first kappa shape index (κ1) is 12.3. The van der Waals surface area contributed by atoms with Crippen LogP contribution in [0.3, 0.4) is 0 Å². The molecule has 0 aromatic heterocycles. The zero-order valence-corrected chi connectivity index (χ0v) is 10.6. The fourth-order valence-corrected chi connectivity index (χ4v) is 4.29. The predicted octanol–water partition coefficient (Wildman–Crippen LogP) is 0.721. The van der Waals surface area contributed by atoms with Gasteiger partial charge in [-0.15, -0.1) is 0 Å².